The number of carbonyl (C=O) groups excluding carboxylic acids is 2. The zero-order valence-corrected chi connectivity index (χ0v) is 11.1. The van der Waals surface area contributed by atoms with E-state index >= 15 is 0 Å². The molecule has 5 heteroatoms. The monoisotopic (exact) mass is 255 g/mol. The molecule has 0 saturated heterocycles. The predicted octanol–water partition coefficient (Wildman–Crippen LogP) is 2.11. The molecule has 0 atom stereocenters. The minimum absolute atomic E-state index is 0.0988. The van der Waals surface area contributed by atoms with Crippen LogP contribution < -0.4 is 0 Å². The Bertz CT molecular complexity index is 412. The topological polar surface area (TPSA) is 59.2 Å². The fourth-order valence-electron chi connectivity index (χ4n) is 1.51. The zero-order valence-electron chi connectivity index (χ0n) is 10.3. The normalized spacial score (nSPS) is 10.3. The third-order valence-corrected chi connectivity index (χ3v) is 3.32. The van der Waals surface area contributed by atoms with Gasteiger partial charge in [0, 0.05) is 22.7 Å². The number of Topliss-reactive ketones (excluding diaryl/α,β-unsaturated/α-hetero) is 1. The molecule has 0 aliphatic carbocycles. The Morgan fingerprint density at radius 1 is 1.41 bits per heavy atom. The van der Waals surface area contributed by atoms with Crippen LogP contribution in [0.25, 0.3) is 0 Å². The fraction of sp³-hybridized carbons (Fsp3) is 0.500. The number of hydrogen-bond acceptors (Lipinski definition) is 4. The summed E-state index contributed by atoms with van der Waals surface area (Å²) in [7, 11) is 1.37. The number of thioether (sulfide) groups is 1. The Morgan fingerprint density at radius 2 is 2.12 bits per heavy atom. The lowest BCUT2D eigenvalue weighted by atomic mass is 10.2. The van der Waals surface area contributed by atoms with Crippen molar-refractivity contribution in [3.63, 3.8) is 0 Å². The molecule has 1 N–H and O–H groups in total. The van der Waals surface area contributed by atoms with Gasteiger partial charge in [-0.3, -0.25) is 9.59 Å². The van der Waals surface area contributed by atoms with Crippen molar-refractivity contribution in [2.75, 3.05) is 18.6 Å². The SMILES string of the molecule is COC(=O)CCSCC(=O)c1cc(C)[nH]c1C. The lowest BCUT2D eigenvalue weighted by Gasteiger charge is -2.00. The molecule has 0 bridgehead atoms. The summed E-state index contributed by atoms with van der Waals surface area (Å²) in [4.78, 5) is 25.8. The minimum atomic E-state index is -0.237. The Kier molecular flexibility index (Phi) is 5.28. The van der Waals surface area contributed by atoms with E-state index < -0.39 is 0 Å². The summed E-state index contributed by atoms with van der Waals surface area (Å²) in [5, 5.41) is 0. The number of ether oxygens (including phenoxy) is 1. The molecule has 1 rings (SSSR count). The maximum absolute atomic E-state index is 11.8. The van der Waals surface area contributed by atoms with Crippen LogP contribution in [-0.4, -0.2) is 35.4 Å². The summed E-state index contributed by atoms with van der Waals surface area (Å²) in [5.74, 6) is 0.871. The first-order chi connectivity index (χ1) is 8.04. The lowest BCUT2D eigenvalue weighted by molar-refractivity contribution is -0.140. The molecule has 0 aromatic carbocycles. The van der Waals surface area contributed by atoms with Crippen molar-refractivity contribution >= 4 is 23.5 Å². The second-order valence-corrected chi connectivity index (χ2v) is 4.90. The Hall–Kier alpha value is -1.23. The van der Waals surface area contributed by atoms with E-state index in [0.29, 0.717) is 17.9 Å². The summed E-state index contributed by atoms with van der Waals surface area (Å²) in [6, 6.07) is 1.86. The number of nitrogens with one attached hydrogen (secondary N) is 1. The fourth-order valence-corrected chi connectivity index (χ4v) is 2.31. The molecular weight excluding hydrogens is 238 g/mol. The third kappa shape index (κ3) is 4.26. The lowest BCUT2D eigenvalue weighted by Crippen LogP contribution is -2.06. The molecule has 0 aliphatic rings. The Labute approximate surface area is 105 Å². The van der Waals surface area contributed by atoms with Crippen molar-refractivity contribution < 1.29 is 14.3 Å². The molecule has 0 radical (unpaired) electrons. The van der Waals surface area contributed by atoms with Crippen molar-refractivity contribution in [1.82, 2.24) is 4.98 Å². The first-order valence-electron chi connectivity index (χ1n) is 5.38. The minimum Gasteiger partial charge on any atom is -0.469 e. The van der Waals surface area contributed by atoms with Gasteiger partial charge in [0.2, 0.25) is 0 Å². The number of aryl methyl sites for hydroxylation is 2. The summed E-state index contributed by atoms with van der Waals surface area (Å²) < 4.78 is 4.52. The van der Waals surface area contributed by atoms with Crippen molar-refractivity contribution in [3.8, 4) is 0 Å². The van der Waals surface area contributed by atoms with Crippen molar-refractivity contribution in [2.45, 2.75) is 20.3 Å². The summed E-state index contributed by atoms with van der Waals surface area (Å²) in [6.07, 6.45) is 0.347. The van der Waals surface area contributed by atoms with Crippen LogP contribution in [0.4, 0.5) is 0 Å². The second kappa shape index (κ2) is 6.49. The molecule has 0 saturated carbocycles. The summed E-state index contributed by atoms with van der Waals surface area (Å²) >= 11 is 1.45. The quantitative estimate of drug-likeness (QED) is 0.480. The number of methoxy groups -OCH3 is 1. The Balaban J connectivity index is 2.35. The van der Waals surface area contributed by atoms with Crippen LogP contribution in [0.5, 0.6) is 0 Å². The first kappa shape index (κ1) is 13.8. The van der Waals surface area contributed by atoms with Gasteiger partial charge in [-0.1, -0.05) is 0 Å². The highest BCUT2D eigenvalue weighted by molar-refractivity contribution is 8.00. The standard InChI is InChI=1S/C12H17NO3S/c1-8-6-10(9(2)13-8)11(14)7-17-5-4-12(15)16-3/h6,13H,4-5,7H2,1-3H3. The molecule has 1 heterocycles. The predicted molar refractivity (Wildman–Crippen MR) is 68.6 cm³/mol. The second-order valence-electron chi connectivity index (χ2n) is 3.79. The van der Waals surface area contributed by atoms with Gasteiger partial charge in [0.25, 0.3) is 0 Å². The number of esters is 1. The molecule has 0 amide bonds. The highest BCUT2D eigenvalue weighted by Crippen LogP contribution is 2.13. The number of ketones is 1. The zero-order chi connectivity index (χ0) is 12.8. The van der Waals surface area contributed by atoms with Gasteiger partial charge >= 0.3 is 5.97 Å². The van der Waals surface area contributed by atoms with Gasteiger partial charge < -0.3 is 9.72 Å². The van der Waals surface area contributed by atoms with Gasteiger partial charge in [0.05, 0.1) is 19.3 Å². The van der Waals surface area contributed by atoms with E-state index in [9.17, 15) is 9.59 Å². The van der Waals surface area contributed by atoms with Crippen LogP contribution in [0.1, 0.15) is 28.2 Å². The number of aromatic nitrogens is 1. The van der Waals surface area contributed by atoms with Crippen LogP contribution in [-0.2, 0) is 9.53 Å². The molecule has 17 heavy (non-hydrogen) atoms. The van der Waals surface area contributed by atoms with E-state index in [-0.39, 0.29) is 11.8 Å². The molecular formula is C12H17NO3S. The van der Waals surface area contributed by atoms with E-state index in [1.54, 1.807) is 0 Å². The van der Waals surface area contributed by atoms with Gasteiger partial charge in [0.15, 0.2) is 5.78 Å². The van der Waals surface area contributed by atoms with Crippen LogP contribution in [0.2, 0.25) is 0 Å². The third-order valence-electron chi connectivity index (χ3n) is 2.36. The molecule has 0 unspecified atom stereocenters. The summed E-state index contributed by atoms with van der Waals surface area (Å²) in [5.41, 5.74) is 2.64. The summed E-state index contributed by atoms with van der Waals surface area (Å²) in [6.45, 7) is 3.81. The first-order valence-corrected chi connectivity index (χ1v) is 6.54. The molecule has 4 nitrogen and oxygen atoms in total. The van der Waals surface area contributed by atoms with Gasteiger partial charge in [-0.2, -0.15) is 11.8 Å². The highest BCUT2D eigenvalue weighted by Gasteiger charge is 2.11. The largest absolute Gasteiger partial charge is 0.469 e. The average molecular weight is 255 g/mol. The number of H-pyrrole nitrogens is 1. The van der Waals surface area contributed by atoms with E-state index in [4.69, 9.17) is 0 Å². The van der Waals surface area contributed by atoms with Crippen LogP contribution in [0.15, 0.2) is 6.07 Å². The maximum Gasteiger partial charge on any atom is 0.306 e. The maximum atomic E-state index is 11.8. The molecule has 0 fully saturated rings. The van der Waals surface area contributed by atoms with Crippen LogP contribution >= 0.6 is 11.8 Å². The molecule has 1 aromatic heterocycles. The number of hydrogen-bond donors (Lipinski definition) is 1. The molecule has 94 valence electrons. The molecule has 0 spiro atoms. The number of rotatable bonds is 6. The van der Waals surface area contributed by atoms with Crippen molar-refractivity contribution in [3.05, 3.63) is 23.0 Å². The van der Waals surface area contributed by atoms with Gasteiger partial charge in [-0.25, -0.2) is 0 Å². The Morgan fingerprint density at radius 3 is 2.65 bits per heavy atom. The van der Waals surface area contributed by atoms with E-state index in [0.717, 1.165) is 17.0 Å². The van der Waals surface area contributed by atoms with Gasteiger partial charge in [-0.05, 0) is 19.9 Å². The number of aromatic amines is 1. The van der Waals surface area contributed by atoms with Crippen molar-refractivity contribution in [1.29, 1.82) is 0 Å². The number of carbonyl (C=O) groups is 2. The highest BCUT2D eigenvalue weighted by atomic mass is 32.2. The van der Waals surface area contributed by atoms with Crippen molar-refractivity contribution in [2.24, 2.45) is 0 Å². The van der Waals surface area contributed by atoms with E-state index in [1.807, 2.05) is 19.9 Å². The van der Waals surface area contributed by atoms with E-state index in [1.165, 1.54) is 18.9 Å². The molecule has 1 aromatic rings. The van der Waals surface area contributed by atoms with Crippen LogP contribution in [0, 0.1) is 13.8 Å². The van der Waals surface area contributed by atoms with Gasteiger partial charge in [0.1, 0.15) is 0 Å². The van der Waals surface area contributed by atoms with Crippen LogP contribution in [0.3, 0.4) is 0 Å². The average Bonchev–Trinajstić information content (AvgIpc) is 2.63. The van der Waals surface area contributed by atoms with E-state index in [2.05, 4.69) is 9.72 Å². The van der Waals surface area contributed by atoms with Gasteiger partial charge in [-0.15, -0.1) is 0 Å². The smallest absolute Gasteiger partial charge is 0.306 e. The molecule has 0 aliphatic heterocycles.